The molecule has 3 rings (SSSR count). The number of ether oxygens (including phenoxy) is 1. The first-order valence-electron chi connectivity index (χ1n) is 9.74. The molecule has 7 heteroatoms. The number of rotatable bonds is 6. The number of anilines is 1. The minimum Gasteiger partial charge on any atom is -0.465 e. The van der Waals surface area contributed by atoms with Crippen LogP contribution in [0.2, 0.25) is 0 Å². The highest BCUT2D eigenvalue weighted by atomic mass is 19.1. The van der Waals surface area contributed by atoms with Crippen molar-refractivity contribution in [2.75, 3.05) is 25.5 Å². The van der Waals surface area contributed by atoms with E-state index in [4.69, 9.17) is 0 Å². The van der Waals surface area contributed by atoms with Crippen LogP contribution in [0.3, 0.4) is 0 Å². The van der Waals surface area contributed by atoms with Gasteiger partial charge in [-0.05, 0) is 67.6 Å². The lowest BCUT2D eigenvalue weighted by atomic mass is 9.89. The minimum atomic E-state index is -0.448. The smallest absolute Gasteiger partial charge is 0.337 e. The summed E-state index contributed by atoms with van der Waals surface area (Å²) in [6, 6.07) is 13.2. The molecule has 0 saturated carbocycles. The van der Waals surface area contributed by atoms with Gasteiger partial charge in [0.05, 0.1) is 12.7 Å². The van der Waals surface area contributed by atoms with Crippen LogP contribution in [0.15, 0.2) is 48.5 Å². The lowest BCUT2D eigenvalue weighted by molar-refractivity contribution is 0.0600. The van der Waals surface area contributed by atoms with E-state index in [2.05, 4.69) is 20.7 Å². The van der Waals surface area contributed by atoms with Crippen molar-refractivity contribution in [3.8, 4) is 0 Å². The molecule has 0 aliphatic carbocycles. The van der Waals surface area contributed by atoms with Crippen molar-refractivity contribution >= 4 is 17.7 Å². The topological polar surface area (TPSA) is 79.5 Å². The molecule has 1 heterocycles. The van der Waals surface area contributed by atoms with E-state index >= 15 is 0 Å². The van der Waals surface area contributed by atoms with Crippen LogP contribution >= 0.6 is 0 Å². The number of esters is 1. The van der Waals surface area contributed by atoms with Crippen molar-refractivity contribution in [1.82, 2.24) is 10.6 Å². The standard InChI is InChI=1S/C22H26FN3O3/c1-29-21(27)17-3-2-4-19(12-17)26-22(28)25-14-20-10-7-16(13-24-20)11-15-5-8-18(23)9-6-15/h2-6,8-9,12,16,20,24H,7,10-11,13-14H2,1H3,(H2,25,26,28)/t16-,20-/m0/s1. The van der Waals surface area contributed by atoms with E-state index in [0.29, 0.717) is 23.7 Å². The summed E-state index contributed by atoms with van der Waals surface area (Å²) < 4.78 is 17.7. The predicted octanol–water partition coefficient (Wildman–Crippen LogP) is 3.34. The third-order valence-corrected chi connectivity index (χ3v) is 5.11. The molecule has 2 aromatic carbocycles. The number of hydrogen-bond donors (Lipinski definition) is 3. The van der Waals surface area contributed by atoms with Crippen molar-refractivity contribution in [3.63, 3.8) is 0 Å². The summed E-state index contributed by atoms with van der Waals surface area (Å²) in [5, 5.41) is 9.07. The van der Waals surface area contributed by atoms with Crippen LogP contribution in [0, 0.1) is 11.7 Å². The lowest BCUT2D eigenvalue weighted by Crippen LogP contribution is -2.47. The maximum Gasteiger partial charge on any atom is 0.337 e. The number of halogens is 1. The van der Waals surface area contributed by atoms with Crippen LogP contribution < -0.4 is 16.0 Å². The fourth-order valence-corrected chi connectivity index (χ4v) is 3.51. The van der Waals surface area contributed by atoms with Crippen LogP contribution in [0.25, 0.3) is 0 Å². The maximum atomic E-state index is 13.0. The summed E-state index contributed by atoms with van der Waals surface area (Å²) in [5.74, 6) is -0.154. The fraction of sp³-hybridized carbons (Fsp3) is 0.364. The van der Waals surface area contributed by atoms with Crippen molar-refractivity contribution in [2.45, 2.75) is 25.3 Å². The van der Waals surface area contributed by atoms with E-state index in [-0.39, 0.29) is 17.9 Å². The molecule has 1 aliphatic rings. The van der Waals surface area contributed by atoms with Crippen molar-refractivity contribution in [1.29, 1.82) is 0 Å². The van der Waals surface area contributed by atoms with Gasteiger partial charge in [-0.2, -0.15) is 0 Å². The van der Waals surface area contributed by atoms with Gasteiger partial charge in [-0.25, -0.2) is 14.0 Å². The molecular weight excluding hydrogens is 373 g/mol. The van der Waals surface area contributed by atoms with Crippen LogP contribution in [-0.2, 0) is 11.2 Å². The number of hydrogen-bond acceptors (Lipinski definition) is 4. The zero-order valence-corrected chi connectivity index (χ0v) is 16.4. The zero-order valence-electron chi connectivity index (χ0n) is 16.4. The van der Waals surface area contributed by atoms with Crippen molar-refractivity contribution in [2.24, 2.45) is 5.92 Å². The van der Waals surface area contributed by atoms with E-state index in [9.17, 15) is 14.0 Å². The molecule has 0 aromatic heterocycles. The normalized spacial score (nSPS) is 18.7. The molecule has 3 N–H and O–H groups in total. The molecule has 154 valence electrons. The second-order valence-corrected chi connectivity index (χ2v) is 7.29. The number of piperidine rings is 1. The summed E-state index contributed by atoms with van der Waals surface area (Å²) in [6.07, 6.45) is 2.94. The molecule has 2 atom stereocenters. The Morgan fingerprint density at radius 2 is 1.97 bits per heavy atom. The zero-order chi connectivity index (χ0) is 20.6. The summed E-state index contributed by atoms with van der Waals surface area (Å²) in [4.78, 5) is 23.7. The Balaban J connectivity index is 1.39. The monoisotopic (exact) mass is 399 g/mol. The fourth-order valence-electron chi connectivity index (χ4n) is 3.51. The van der Waals surface area contributed by atoms with Gasteiger partial charge >= 0.3 is 12.0 Å². The minimum absolute atomic E-state index is 0.211. The van der Waals surface area contributed by atoms with Crippen LogP contribution in [0.4, 0.5) is 14.9 Å². The van der Waals surface area contributed by atoms with Gasteiger partial charge in [0.25, 0.3) is 0 Å². The molecule has 1 fully saturated rings. The van der Waals surface area contributed by atoms with Crippen LogP contribution in [0.5, 0.6) is 0 Å². The summed E-state index contributed by atoms with van der Waals surface area (Å²) in [7, 11) is 1.32. The van der Waals surface area contributed by atoms with Gasteiger partial charge in [0.1, 0.15) is 5.82 Å². The Kier molecular flexibility index (Phi) is 7.19. The molecule has 0 spiro atoms. The predicted molar refractivity (Wildman–Crippen MR) is 109 cm³/mol. The van der Waals surface area contributed by atoms with Gasteiger partial charge in [-0.3, -0.25) is 0 Å². The van der Waals surface area contributed by atoms with Gasteiger partial charge in [-0.15, -0.1) is 0 Å². The second-order valence-electron chi connectivity index (χ2n) is 7.29. The quantitative estimate of drug-likeness (QED) is 0.651. The lowest BCUT2D eigenvalue weighted by Gasteiger charge is -2.30. The molecule has 0 unspecified atom stereocenters. The van der Waals surface area contributed by atoms with Gasteiger partial charge in [0, 0.05) is 18.3 Å². The summed E-state index contributed by atoms with van der Waals surface area (Å²) >= 11 is 0. The molecule has 1 saturated heterocycles. The van der Waals surface area contributed by atoms with E-state index in [1.54, 1.807) is 24.3 Å². The highest BCUT2D eigenvalue weighted by Gasteiger charge is 2.21. The number of amides is 2. The Hall–Kier alpha value is -2.93. The van der Waals surface area contributed by atoms with Crippen LogP contribution in [0.1, 0.15) is 28.8 Å². The van der Waals surface area contributed by atoms with Gasteiger partial charge in [0.15, 0.2) is 0 Å². The van der Waals surface area contributed by atoms with Gasteiger partial charge < -0.3 is 20.7 Å². The Labute approximate surface area is 169 Å². The average molecular weight is 399 g/mol. The van der Waals surface area contributed by atoms with Crippen LogP contribution in [-0.4, -0.2) is 38.2 Å². The van der Waals surface area contributed by atoms with Crippen molar-refractivity contribution in [3.05, 3.63) is 65.5 Å². The Morgan fingerprint density at radius 3 is 2.66 bits per heavy atom. The highest BCUT2D eigenvalue weighted by Crippen LogP contribution is 2.19. The number of urea groups is 1. The number of nitrogens with one attached hydrogen (secondary N) is 3. The Bertz CT molecular complexity index is 833. The third-order valence-electron chi connectivity index (χ3n) is 5.11. The van der Waals surface area contributed by atoms with E-state index < -0.39 is 5.97 Å². The molecule has 1 aliphatic heterocycles. The molecule has 29 heavy (non-hydrogen) atoms. The number of carbonyl (C=O) groups is 2. The second kappa shape index (κ2) is 10.0. The maximum absolute atomic E-state index is 13.0. The molecule has 2 aromatic rings. The Morgan fingerprint density at radius 1 is 1.17 bits per heavy atom. The summed E-state index contributed by atoms with van der Waals surface area (Å²) in [6.45, 7) is 1.39. The van der Waals surface area contributed by atoms with Gasteiger partial charge in [-0.1, -0.05) is 18.2 Å². The number of carbonyl (C=O) groups excluding carboxylic acids is 2. The molecule has 0 radical (unpaired) electrons. The molecule has 2 amide bonds. The largest absolute Gasteiger partial charge is 0.465 e. The van der Waals surface area contributed by atoms with E-state index in [1.165, 1.54) is 19.2 Å². The summed E-state index contributed by atoms with van der Waals surface area (Å²) in [5.41, 5.74) is 2.05. The third kappa shape index (κ3) is 6.29. The molecule has 6 nitrogen and oxygen atoms in total. The molecular formula is C22H26FN3O3. The number of benzene rings is 2. The SMILES string of the molecule is COC(=O)c1cccc(NC(=O)NC[C@@H]2CC[C@@H](Cc3ccc(F)cc3)CN2)c1. The molecule has 0 bridgehead atoms. The first kappa shape index (κ1) is 20.8. The van der Waals surface area contributed by atoms with E-state index in [0.717, 1.165) is 31.4 Å². The van der Waals surface area contributed by atoms with Gasteiger partial charge in [0.2, 0.25) is 0 Å². The highest BCUT2D eigenvalue weighted by molar-refractivity contribution is 5.93. The average Bonchev–Trinajstić information content (AvgIpc) is 2.74. The van der Waals surface area contributed by atoms with E-state index in [1.807, 2.05) is 12.1 Å². The first-order valence-corrected chi connectivity index (χ1v) is 9.74. The first-order chi connectivity index (χ1) is 14.0. The number of methoxy groups -OCH3 is 1. The van der Waals surface area contributed by atoms with Crippen molar-refractivity contribution < 1.29 is 18.7 Å².